The molecule has 0 amide bonds. The molecule has 2 N–H and O–H groups in total. The molecule has 2 heterocycles. The zero-order valence-electron chi connectivity index (χ0n) is 7.64. The van der Waals surface area contributed by atoms with Crippen LogP contribution in [0, 0.1) is 0 Å². The minimum absolute atomic E-state index is 0.166. The number of hydrogen-bond donors (Lipinski definition) is 1. The Bertz CT molecular complexity index is 403. The first-order valence-electron chi connectivity index (χ1n) is 4.43. The summed E-state index contributed by atoms with van der Waals surface area (Å²) in [5, 5.41) is 0. The number of fused-ring (bicyclic) bond motifs is 1. The van der Waals surface area contributed by atoms with Crippen molar-refractivity contribution in [1.82, 2.24) is 9.38 Å². The van der Waals surface area contributed by atoms with Gasteiger partial charge in [-0.3, -0.25) is 0 Å². The summed E-state index contributed by atoms with van der Waals surface area (Å²) in [5.41, 5.74) is 7.96. The van der Waals surface area contributed by atoms with Crippen molar-refractivity contribution >= 4 is 5.52 Å². The molecular weight excluding hydrogens is 162 g/mol. The van der Waals surface area contributed by atoms with Gasteiger partial charge in [-0.05, 0) is 19.1 Å². The lowest BCUT2D eigenvalue weighted by molar-refractivity contribution is 0.729. The summed E-state index contributed by atoms with van der Waals surface area (Å²) in [7, 11) is 0. The smallest absolute Gasteiger partial charge is 0.0995 e. The number of pyridine rings is 1. The normalized spacial score (nSPS) is 13.4. The fourth-order valence-electron chi connectivity index (χ4n) is 1.46. The number of nitrogens with zero attached hydrogens (tertiary/aromatic N) is 2. The molecule has 0 saturated carbocycles. The minimum atomic E-state index is 0.166. The molecule has 13 heavy (non-hydrogen) atoms. The second kappa shape index (κ2) is 3.18. The van der Waals surface area contributed by atoms with Crippen molar-refractivity contribution in [1.29, 1.82) is 0 Å². The highest BCUT2D eigenvalue weighted by Crippen LogP contribution is 2.09. The van der Waals surface area contributed by atoms with Crippen LogP contribution in [0.1, 0.15) is 12.6 Å². The van der Waals surface area contributed by atoms with Gasteiger partial charge in [-0.15, -0.1) is 0 Å². The lowest BCUT2D eigenvalue weighted by Crippen LogP contribution is -2.18. The van der Waals surface area contributed by atoms with Crippen LogP contribution < -0.4 is 5.73 Å². The van der Waals surface area contributed by atoms with E-state index in [1.54, 1.807) is 0 Å². The summed E-state index contributed by atoms with van der Waals surface area (Å²) in [5.74, 6) is 0. The second-order valence-corrected chi connectivity index (χ2v) is 3.37. The topological polar surface area (TPSA) is 43.3 Å². The van der Waals surface area contributed by atoms with Crippen molar-refractivity contribution in [3.8, 4) is 0 Å². The van der Waals surface area contributed by atoms with E-state index in [1.165, 1.54) is 0 Å². The van der Waals surface area contributed by atoms with Crippen LogP contribution in [0.5, 0.6) is 0 Å². The van der Waals surface area contributed by atoms with Gasteiger partial charge in [0, 0.05) is 18.7 Å². The third kappa shape index (κ3) is 1.55. The predicted molar refractivity (Wildman–Crippen MR) is 52.5 cm³/mol. The summed E-state index contributed by atoms with van der Waals surface area (Å²) < 4.78 is 2.01. The van der Waals surface area contributed by atoms with E-state index < -0.39 is 0 Å². The Hall–Kier alpha value is -1.35. The van der Waals surface area contributed by atoms with Gasteiger partial charge in [-0.2, -0.15) is 0 Å². The fourth-order valence-corrected chi connectivity index (χ4v) is 1.46. The number of imidazole rings is 1. The molecule has 3 heteroatoms. The average molecular weight is 175 g/mol. The average Bonchev–Trinajstić information content (AvgIpc) is 2.48. The molecule has 2 aromatic rings. The molecule has 0 spiro atoms. The maximum absolute atomic E-state index is 5.73. The van der Waals surface area contributed by atoms with Crippen molar-refractivity contribution in [3.63, 3.8) is 0 Å². The van der Waals surface area contributed by atoms with Gasteiger partial charge in [0.15, 0.2) is 0 Å². The van der Waals surface area contributed by atoms with Crippen molar-refractivity contribution in [2.75, 3.05) is 0 Å². The van der Waals surface area contributed by atoms with E-state index in [0.717, 1.165) is 17.6 Å². The van der Waals surface area contributed by atoms with Crippen LogP contribution in [-0.2, 0) is 6.42 Å². The van der Waals surface area contributed by atoms with E-state index in [2.05, 4.69) is 11.1 Å². The van der Waals surface area contributed by atoms with Gasteiger partial charge < -0.3 is 10.1 Å². The first-order valence-corrected chi connectivity index (χ1v) is 4.43. The summed E-state index contributed by atoms with van der Waals surface area (Å²) in [6.07, 6.45) is 4.65. The lowest BCUT2D eigenvalue weighted by Gasteiger charge is -2.01. The molecule has 2 aromatic heterocycles. The first-order chi connectivity index (χ1) is 6.27. The van der Waals surface area contributed by atoms with Crippen LogP contribution in [0.4, 0.5) is 0 Å². The Labute approximate surface area is 77.2 Å². The highest BCUT2D eigenvalue weighted by molar-refractivity contribution is 5.51. The monoisotopic (exact) mass is 175 g/mol. The Morgan fingerprint density at radius 3 is 3.15 bits per heavy atom. The number of rotatable bonds is 2. The molecule has 0 radical (unpaired) electrons. The van der Waals surface area contributed by atoms with E-state index >= 15 is 0 Å². The van der Waals surface area contributed by atoms with Gasteiger partial charge in [0.1, 0.15) is 0 Å². The molecule has 0 aromatic carbocycles. The second-order valence-electron chi connectivity index (χ2n) is 3.37. The van der Waals surface area contributed by atoms with Gasteiger partial charge in [-0.25, -0.2) is 4.98 Å². The third-order valence-electron chi connectivity index (χ3n) is 2.04. The van der Waals surface area contributed by atoms with Crippen LogP contribution in [0.25, 0.3) is 5.52 Å². The molecule has 3 nitrogen and oxygen atoms in total. The molecule has 1 unspecified atom stereocenters. The third-order valence-corrected chi connectivity index (χ3v) is 2.04. The van der Waals surface area contributed by atoms with E-state index in [9.17, 15) is 0 Å². The number of nitrogens with two attached hydrogens (primary N) is 1. The summed E-state index contributed by atoms with van der Waals surface area (Å²) in [6.45, 7) is 1.99. The molecular formula is C10H13N3. The van der Waals surface area contributed by atoms with Gasteiger partial charge in [0.25, 0.3) is 0 Å². The van der Waals surface area contributed by atoms with Gasteiger partial charge >= 0.3 is 0 Å². The van der Waals surface area contributed by atoms with Crippen LogP contribution in [0.15, 0.2) is 30.7 Å². The highest BCUT2D eigenvalue weighted by atomic mass is 15.0. The largest absolute Gasteiger partial charge is 0.328 e. The zero-order valence-corrected chi connectivity index (χ0v) is 7.64. The van der Waals surface area contributed by atoms with Gasteiger partial charge in [0.05, 0.1) is 17.5 Å². The standard InChI is InChI=1S/C10H13N3/c1-8(11)6-9-10-4-2-3-5-13(10)7-12-9/h2-5,7-8H,6,11H2,1H3. The Kier molecular flexibility index (Phi) is 2.02. The SMILES string of the molecule is CC(N)Cc1ncn2ccccc12. The quantitative estimate of drug-likeness (QED) is 0.745. The van der Waals surface area contributed by atoms with E-state index in [1.807, 2.05) is 36.0 Å². The molecule has 2 rings (SSSR count). The van der Waals surface area contributed by atoms with Crippen LogP contribution >= 0.6 is 0 Å². The van der Waals surface area contributed by atoms with Crippen molar-refractivity contribution in [3.05, 3.63) is 36.4 Å². The van der Waals surface area contributed by atoms with Gasteiger partial charge in [-0.1, -0.05) is 6.07 Å². The molecule has 0 saturated heterocycles. The first kappa shape index (κ1) is 8.26. The molecule has 0 bridgehead atoms. The Morgan fingerprint density at radius 2 is 2.38 bits per heavy atom. The van der Waals surface area contributed by atoms with Crippen molar-refractivity contribution in [2.24, 2.45) is 5.73 Å². The molecule has 0 aliphatic rings. The Morgan fingerprint density at radius 1 is 1.54 bits per heavy atom. The molecule has 0 fully saturated rings. The van der Waals surface area contributed by atoms with Crippen LogP contribution in [0.3, 0.4) is 0 Å². The summed E-state index contributed by atoms with van der Waals surface area (Å²) in [4.78, 5) is 4.32. The summed E-state index contributed by atoms with van der Waals surface area (Å²) >= 11 is 0. The lowest BCUT2D eigenvalue weighted by atomic mass is 10.2. The maximum atomic E-state index is 5.73. The zero-order chi connectivity index (χ0) is 9.26. The van der Waals surface area contributed by atoms with E-state index in [0.29, 0.717) is 0 Å². The maximum Gasteiger partial charge on any atom is 0.0995 e. The van der Waals surface area contributed by atoms with Gasteiger partial charge in [0.2, 0.25) is 0 Å². The molecule has 0 aliphatic carbocycles. The van der Waals surface area contributed by atoms with Crippen molar-refractivity contribution in [2.45, 2.75) is 19.4 Å². The number of hydrogen-bond acceptors (Lipinski definition) is 2. The number of aromatic nitrogens is 2. The van der Waals surface area contributed by atoms with Crippen molar-refractivity contribution < 1.29 is 0 Å². The van der Waals surface area contributed by atoms with Crippen LogP contribution in [-0.4, -0.2) is 15.4 Å². The minimum Gasteiger partial charge on any atom is -0.328 e. The molecule has 1 atom stereocenters. The van der Waals surface area contributed by atoms with Crippen LogP contribution in [0.2, 0.25) is 0 Å². The fraction of sp³-hybridized carbons (Fsp3) is 0.300. The van der Waals surface area contributed by atoms with E-state index in [4.69, 9.17) is 5.73 Å². The molecule has 0 aliphatic heterocycles. The van der Waals surface area contributed by atoms with E-state index in [-0.39, 0.29) is 6.04 Å². The molecule has 68 valence electrons. The highest BCUT2D eigenvalue weighted by Gasteiger charge is 2.04. The Balaban J connectivity index is 2.46. The summed E-state index contributed by atoms with van der Waals surface area (Å²) in [6, 6.07) is 6.23. The predicted octanol–water partition coefficient (Wildman–Crippen LogP) is 1.22.